The molecule has 0 saturated heterocycles. The molecule has 2 aromatic carbocycles. The van der Waals surface area contributed by atoms with Crippen LogP contribution in [0.1, 0.15) is 36.1 Å². The largest absolute Gasteiger partial charge is 0.497 e. The topological polar surface area (TPSA) is 30.5 Å². The number of benzene rings is 2. The third kappa shape index (κ3) is 3.09. The second kappa shape index (κ2) is 6.84. The molecule has 0 saturated carbocycles. The molecule has 1 atom stereocenters. The van der Waals surface area contributed by atoms with Gasteiger partial charge >= 0.3 is 0 Å². The molecule has 2 aromatic rings. The van der Waals surface area contributed by atoms with E-state index in [2.05, 4.69) is 48.6 Å². The SMILES string of the molecule is CCCOc1ccc(C2NCCc3cc(OC)ccc32)cc1. The van der Waals surface area contributed by atoms with Gasteiger partial charge in [0.15, 0.2) is 0 Å². The van der Waals surface area contributed by atoms with Gasteiger partial charge in [-0.2, -0.15) is 0 Å². The van der Waals surface area contributed by atoms with Crippen LogP contribution in [-0.2, 0) is 6.42 Å². The van der Waals surface area contributed by atoms with Crippen LogP contribution in [0.4, 0.5) is 0 Å². The van der Waals surface area contributed by atoms with Gasteiger partial charge in [0, 0.05) is 6.54 Å². The summed E-state index contributed by atoms with van der Waals surface area (Å²) in [4.78, 5) is 0. The summed E-state index contributed by atoms with van der Waals surface area (Å²) in [6, 6.07) is 15.0. The molecule has 0 aliphatic carbocycles. The molecular formula is C19H23NO2. The van der Waals surface area contributed by atoms with E-state index in [0.717, 1.165) is 37.5 Å². The standard InChI is InChI=1S/C19H23NO2/c1-3-12-22-16-6-4-14(5-7-16)19-18-9-8-17(21-2)13-15(18)10-11-20-19/h4-9,13,19-20H,3,10-12H2,1-2H3. The average Bonchev–Trinajstić information content (AvgIpc) is 2.59. The Morgan fingerprint density at radius 2 is 1.86 bits per heavy atom. The number of ether oxygens (including phenoxy) is 2. The lowest BCUT2D eigenvalue weighted by molar-refractivity contribution is 0.317. The summed E-state index contributed by atoms with van der Waals surface area (Å²) in [5, 5.41) is 3.61. The van der Waals surface area contributed by atoms with Crippen molar-refractivity contribution in [2.75, 3.05) is 20.3 Å². The highest BCUT2D eigenvalue weighted by molar-refractivity contribution is 5.44. The van der Waals surface area contributed by atoms with Crippen molar-refractivity contribution in [3.63, 3.8) is 0 Å². The van der Waals surface area contributed by atoms with Crippen LogP contribution in [0.2, 0.25) is 0 Å². The second-order valence-electron chi connectivity index (χ2n) is 5.62. The van der Waals surface area contributed by atoms with Gasteiger partial charge in [-0.05, 0) is 53.8 Å². The lowest BCUT2D eigenvalue weighted by atomic mass is 9.90. The van der Waals surface area contributed by atoms with Gasteiger partial charge in [0.1, 0.15) is 11.5 Å². The van der Waals surface area contributed by atoms with Crippen LogP contribution in [0.5, 0.6) is 11.5 Å². The van der Waals surface area contributed by atoms with Crippen LogP contribution < -0.4 is 14.8 Å². The first-order valence-corrected chi connectivity index (χ1v) is 7.94. The van der Waals surface area contributed by atoms with E-state index in [1.54, 1.807) is 7.11 Å². The number of nitrogens with one attached hydrogen (secondary N) is 1. The Bertz CT molecular complexity index is 622. The second-order valence-corrected chi connectivity index (χ2v) is 5.62. The van der Waals surface area contributed by atoms with E-state index in [4.69, 9.17) is 9.47 Å². The van der Waals surface area contributed by atoms with E-state index in [-0.39, 0.29) is 6.04 Å². The van der Waals surface area contributed by atoms with Crippen LogP contribution in [-0.4, -0.2) is 20.3 Å². The van der Waals surface area contributed by atoms with Crippen LogP contribution in [0.3, 0.4) is 0 Å². The Balaban J connectivity index is 1.84. The molecule has 3 heteroatoms. The predicted molar refractivity (Wildman–Crippen MR) is 88.8 cm³/mol. The van der Waals surface area contributed by atoms with Crippen molar-refractivity contribution in [2.45, 2.75) is 25.8 Å². The van der Waals surface area contributed by atoms with Crippen LogP contribution in [0.15, 0.2) is 42.5 Å². The molecule has 0 bridgehead atoms. The zero-order valence-electron chi connectivity index (χ0n) is 13.3. The molecule has 1 unspecified atom stereocenters. The lowest BCUT2D eigenvalue weighted by Crippen LogP contribution is -2.30. The smallest absolute Gasteiger partial charge is 0.119 e. The molecule has 0 spiro atoms. The fourth-order valence-corrected chi connectivity index (χ4v) is 2.94. The molecule has 1 aliphatic heterocycles. The minimum absolute atomic E-state index is 0.245. The summed E-state index contributed by atoms with van der Waals surface area (Å²) in [5.74, 6) is 1.87. The highest BCUT2D eigenvalue weighted by atomic mass is 16.5. The average molecular weight is 297 g/mol. The molecule has 1 heterocycles. The highest BCUT2D eigenvalue weighted by Crippen LogP contribution is 2.31. The van der Waals surface area contributed by atoms with Crippen molar-refractivity contribution in [1.29, 1.82) is 0 Å². The Hall–Kier alpha value is -2.00. The minimum Gasteiger partial charge on any atom is -0.497 e. The quantitative estimate of drug-likeness (QED) is 0.912. The zero-order valence-corrected chi connectivity index (χ0v) is 13.3. The highest BCUT2D eigenvalue weighted by Gasteiger charge is 2.21. The number of rotatable bonds is 5. The molecule has 3 rings (SSSR count). The van der Waals surface area contributed by atoms with Crippen molar-refractivity contribution in [2.24, 2.45) is 0 Å². The van der Waals surface area contributed by atoms with Gasteiger partial charge in [0.25, 0.3) is 0 Å². The van der Waals surface area contributed by atoms with Crippen molar-refractivity contribution in [3.05, 3.63) is 59.2 Å². The predicted octanol–water partition coefficient (Wildman–Crippen LogP) is 3.72. The molecule has 3 nitrogen and oxygen atoms in total. The number of hydrogen-bond acceptors (Lipinski definition) is 3. The maximum atomic E-state index is 5.66. The zero-order chi connectivity index (χ0) is 15.4. The van der Waals surface area contributed by atoms with E-state index in [1.165, 1.54) is 16.7 Å². The van der Waals surface area contributed by atoms with Crippen molar-refractivity contribution >= 4 is 0 Å². The van der Waals surface area contributed by atoms with E-state index < -0.39 is 0 Å². The van der Waals surface area contributed by atoms with Crippen LogP contribution >= 0.6 is 0 Å². The van der Waals surface area contributed by atoms with Gasteiger partial charge in [-0.15, -0.1) is 0 Å². The minimum atomic E-state index is 0.245. The summed E-state index contributed by atoms with van der Waals surface area (Å²) < 4.78 is 11.0. The van der Waals surface area contributed by atoms with Gasteiger partial charge in [-0.25, -0.2) is 0 Å². The Labute approximate surface area is 132 Å². The first-order valence-electron chi connectivity index (χ1n) is 7.94. The van der Waals surface area contributed by atoms with Crippen LogP contribution in [0.25, 0.3) is 0 Å². The molecule has 1 aliphatic rings. The van der Waals surface area contributed by atoms with Gasteiger partial charge in [0.2, 0.25) is 0 Å². The molecular weight excluding hydrogens is 274 g/mol. The molecule has 0 amide bonds. The Morgan fingerprint density at radius 3 is 2.59 bits per heavy atom. The molecule has 0 fully saturated rings. The number of hydrogen-bond donors (Lipinski definition) is 1. The normalized spacial score (nSPS) is 16.9. The van der Waals surface area contributed by atoms with Gasteiger partial charge in [-0.3, -0.25) is 0 Å². The van der Waals surface area contributed by atoms with E-state index >= 15 is 0 Å². The van der Waals surface area contributed by atoms with Crippen molar-refractivity contribution < 1.29 is 9.47 Å². The van der Waals surface area contributed by atoms with E-state index in [9.17, 15) is 0 Å². The van der Waals surface area contributed by atoms with Crippen molar-refractivity contribution in [3.8, 4) is 11.5 Å². The van der Waals surface area contributed by atoms with Gasteiger partial charge < -0.3 is 14.8 Å². The Kier molecular flexibility index (Phi) is 4.64. The summed E-state index contributed by atoms with van der Waals surface area (Å²) >= 11 is 0. The molecule has 1 N–H and O–H groups in total. The Morgan fingerprint density at radius 1 is 1.09 bits per heavy atom. The van der Waals surface area contributed by atoms with Gasteiger partial charge in [-0.1, -0.05) is 25.1 Å². The summed E-state index contributed by atoms with van der Waals surface area (Å²) in [5.41, 5.74) is 3.98. The third-order valence-corrected chi connectivity index (χ3v) is 4.09. The molecule has 116 valence electrons. The van der Waals surface area contributed by atoms with E-state index in [0.29, 0.717) is 0 Å². The summed E-state index contributed by atoms with van der Waals surface area (Å²) in [6.07, 6.45) is 2.07. The number of methoxy groups -OCH3 is 1. The monoisotopic (exact) mass is 297 g/mol. The molecule has 0 radical (unpaired) electrons. The summed E-state index contributed by atoms with van der Waals surface area (Å²) in [6.45, 7) is 3.87. The van der Waals surface area contributed by atoms with E-state index in [1.807, 2.05) is 6.07 Å². The fraction of sp³-hybridized carbons (Fsp3) is 0.368. The first-order chi connectivity index (χ1) is 10.8. The third-order valence-electron chi connectivity index (χ3n) is 4.09. The fourth-order valence-electron chi connectivity index (χ4n) is 2.94. The molecule has 22 heavy (non-hydrogen) atoms. The maximum Gasteiger partial charge on any atom is 0.119 e. The number of fused-ring (bicyclic) bond motifs is 1. The maximum absolute atomic E-state index is 5.66. The lowest BCUT2D eigenvalue weighted by Gasteiger charge is -2.28. The van der Waals surface area contributed by atoms with Crippen molar-refractivity contribution in [1.82, 2.24) is 5.32 Å². The van der Waals surface area contributed by atoms with Crippen LogP contribution in [0, 0.1) is 0 Å². The first kappa shape index (κ1) is 14.9. The molecule has 0 aromatic heterocycles. The van der Waals surface area contributed by atoms with Gasteiger partial charge in [0.05, 0.1) is 19.8 Å². The summed E-state index contributed by atoms with van der Waals surface area (Å²) in [7, 11) is 1.72.